The average Bonchev–Trinajstić information content (AvgIpc) is 2.97. The molecule has 2 heterocycles. The van der Waals surface area contributed by atoms with Crippen LogP contribution in [0.3, 0.4) is 0 Å². The van der Waals surface area contributed by atoms with Gasteiger partial charge >= 0.3 is 0 Å². The Kier molecular flexibility index (Phi) is 4.17. The number of nitrogens with zero attached hydrogens (tertiary/aromatic N) is 2. The second kappa shape index (κ2) is 6.10. The highest BCUT2D eigenvalue weighted by Gasteiger charge is 2.25. The standard InChI is InChI=1S/C15H20N4O2S/c1-2-7-19-11-14(10-17-19)22(20,21)18-13-8-12-5-3-4-6-15(12)16-9-13/h3-6,10-11,13,16,18H,2,7-9H2,1H3. The quantitative estimate of drug-likeness (QED) is 0.877. The van der Waals surface area contributed by atoms with E-state index in [2.05, 4.69) is 15.1 Å². The van der Waals surface area contributed by atoms with Gasteiger partial charge in [-0.15, -0.1) is 0 Å². The molecule has 1 aliphatic heterocycles. The first-order chi connectivity index (χ1) is 10.6. The predicted octanol–water partition coefficient (Wildman–Crippen LogP) is 1.61. The Morgan fingerprint density at radius 1 is 1.41 bits per heavy atom. The third kappa shape index (κ3) is 3.15. The van der Waals surface area contributed by atoms with E-state index in [1.54, 1.807) is 10.9 Å². The molecule has 0 fully saturated rings. The molecule has 1 aliphatic rings. The van der Waals surface area contributed by atoms with Crippen molar-refractivity contribution in [3.8, 4) is 0 Å². The molecular weight excluding hydrogens is 300 g/mol. The Hall–Kier alpha value is -1.86. The lowest BCUT2D eigenvalue weighted by Gasteiger charge is -2.26. The molecule has 0 bridgehead atoms. The fourth-order valence-corrected chi connectivity index (χ4v) is 3.84. The largest absolute Gasteiger partial charge is 0.383 e. The van der Waals surface area contributed by atoms with E-state index < -0.39 is 10.0 Å². The van der Waals surface area contributed by atoms with Crippen LogP contribution < -0.4 is 10.0 Å². The summed E-state index contributed by atoms with van der Waals surface area (Å²) in [7, 11) is -3.53. The van der Waals surface area contributed by atoms with E-state index >= 15 is 0 Å². The lowest BCUT2D eigenvalue weighted by atomic mass is 10.0. The van der Waals surface area contributed by atoms with E-state index in [0.29, 0.717) is 19.5 Å². The van der Waals surface area contributed by atoms with Crippen molar-refractivity contribution in [1.29, 1.82) is 0 Å². The van der Waals surface area contributed by atoms with Crippen LogP contribution in [0.1, 0.15) is 18.9 Å². The predicted molar refractivity (Wildman–Crippen MR) is 85.3 cm³/mol. The SMILES string of the molecule is CCCn1cc(S(=O)(=O)NC2CNc3ccccc3C2)cn1. The highest BCUT2D eigenvalue weighted by molar-refractivity contribution is 7.89. The maximum Gasteiger partial charge on any atom is 0.244 e. The van der Waals surface area contributed by atoms with Gasteiger partial charge in [-0.25, -0.2) is 13.1 Å². The van der Waals surface area contributed by atoms with Gasteiger partial charge in [-0.05, 0) is 24.5 Å². The molecule has 1 unspecified atom stereocenters. The van der Waals surface area contributed by atoms with Gasteiger partial charge in [0.1, 0.15) is 4.90 Å². The van der Waals surface area contributed by atoms with Crippen molar-refractivity contribution in [2.45, 2.75) is 37.2 Å². The van der Waals surface area contributed by atoms with Gasteiger partial charge in [0, 0.05) is 31.0 Å². The van der Waals surface area contributed by atoms with Crippen LogP contribution in [0.15, 0.2) is 41.6 Å². The summed E-state index contributed by atoms with van der Waals surface area (Å²) >= 11 is 0. The molecule has 1 atom stereocenters. The van der Waals surface area contributed by atoms with Crippen LogP contribution in [-0.2, 0) is 23.0 Å². The van der Waals surface area contributed by atoms with Crippen molar-refractivity contribution in [3.05, 3.63) is 42.2 Å². The zero-order valence-electron chi connectivity index (χ0n) is 12.5. The highest BCUT2D eigenvalue weighted by atomic mass is 32.2. The molecule has 1 aromatic carbocycles. The summed E-state index contributed by atoms with van der Waals surface area (Å²) in [6.45, 7) is 3.33. The molecule has 118 valence electrons. The normalized spacial score (nSPS) is 17.8. The first-order valence-electron chi connectivity index (χ1n) is 7.45. The number of hydrogen-bond acceptors (Lipinski definition) is 4. The monoisotopic (exact) mass is 320 g/mol. The number of para-hydroxylation sites is 1. The zero-order chi connectivity index (χ0) is 15.6. The smallest absolute Gasteiger partial charge is 0.244 e. The maximum absolute atomic E-state index is 12.4. The number of aromatic nitrogens is 2. The Balaban J connectivity index is 1.72. The summed E-state index contributed by atoms with van der Waals surface area (Å²) in [5.74, 6) is 0. The summed E-state index contributed by atoms with van der Waals surface area (Å²) < 4.78 is 29.3. The Bertz CT molecular complexity index is 754. The van der Waals surface area contributed by atoms with Crippen molar-refractivity contribution >= 4 is 15.7 Å². The third-order valence-corrected chi connectivity index (χ3v) is 5.19. The molecule has 3 rings (SSSR count). The van der Waals surface area contributed by atoms with E-state index in [-0.39, 0.29) is 10.9 Å². The van der Waals surface area contributed by atoms with Gasteiger partial charge in [0.2, 0.25) is 10.0 Å². The highest BCUT2D eigenvalue weighted by Crippen LogP contribution is 2.22. The Morgan fingerprint density at radius 2 is 2.23 bits per heavy atom. The minimum atomic E-state index is -3.53. The van der Waals surface area contributed by atoms with Gasteiger partial charge in [0.15, 0.2) is 0 Å². The molecule has 7 heteroatoms. The molecule has 6 nitrogen and oxygen atoms in total. The maximum atomic E-state index is 12.4. The van der Waals surface area contributed by atoms with Crippen LogP contribution in [0, 0.1) is 0 Å². The summed E-state index contributed by atoms with van der Waals surface area (Å²) in [5.41, 5.74) is 2.21. The number of aryl methyl sites for hydroxylation is 1. The van der Waals surface area contributed by atoms with Crippen LogP contribution in [0.25, 0.3) is 0 Å². The van der Waals surface area contributed by atoms with Crippen molar-refractivity contribution in [2.75, 3.05) is 11.9 Å². The minimum absolute atomic E-state index is 0.158. The van der Waals surface area contributed by atoms with Crippen molar-refractivity contribution < 1.29 is 8.42 Å². The van der Waals surface area contributed by atoms with E-state index in [0.717, 1.165) is 17.7 Å². The molecule has 0 saturated carbocycles. The first kappa shape index (κ1) is 15.1. The fraction of sp³-hybridized carbons (Fsp3) is 0.400. The van der Waals surface area contributed by atoms with Crippen LogP contribution in [0.2, 0.25) is 0 Å². The van der Waals surface area contributed by atoms with Gasteiger partial charge in [0.05, 0.1) is 6.20 Å². The minimum Gasteiger partial charge on any atom is -0.383 e. The molecule has 0 radical (unpaired) electrons. The lowest BCUT2D eigenvalue weighted by molar-refractivity contribution is 0.548. The lowest BCUT2D eigenvalue weighted by Crippen LogP contribution is -2.43. The molecule has 0 spiro atoms. The summed E-state index contributed by atoms with van der Waals surface area (Å²) in [6, 6.07) is 7.80. The van der Waals surface area contributed by atoms with Crippen LogP contribution in [-0.4, -0.2) is 30.8 Å². The molecule has 0 amide bonds. The van der Waals surface area contributed by atoms with Crippen molar-refractivity contribution in [1.82, 2.24) is 14.5 Å². The molecular formula is C15H20N4O2S. The van der Waals surface area contributed by atoms with Gasteiger partial charge in [-0.1, -0.05) is 25.1 Å². The van der Waals surface area contributed by atoms with E-state index in [9.17, 15) is 8.42 Å². The molecule has 2 aromatic rings. The van der Waals surface area contributed by atoms with Crippen molar-refractivity contribution in [2.24, 2.45) is 0 Å². The van der Waals surface area contributed by atoms with Gasteiger partial charge in [-0.3, -0.25) is 4.68 Å². The number of nitrogens with one attached hydrogen (secondary N) is 2. The second-order valence-electron chi connectivity index (χ2n) is 5.50. The van der Waals surface area contributed by atoms with E-state index in [1.807, 2.05) is 31.2 Å². The summed E-state index contributed by atoms with van der Waals surface area (Å²) in [6.07, 6.45) is 4.58. The van der Waals surface area contributed by atoms with Crippen LogP contribution in [0.5, 0.6) is 0 Å². The molecule has 0 saturated heterocycles. The molecule has 0 aliphatic carbocycles. The number of hydrogen-bond donors (Lipinski definition) is 2. The van der Waals surface area contributed by atoms with Gasteiger partial charge in [0.25, 0.3) is 0 Å². The number of rotatable bonds is 5. The molecule has 1 aromatic heterocycles. The second-order valence-corrected chi connectivity index (χ2v) is 7.21. The van der Waals surface area contributed by atoms with Crippen molar-refractivity contribution in [3.63, 3.8) is 0 Å². The van der Waals surface area contributed by atoms with Crippen LogP contribution in [0.4, 0.5) is 5.69 Å². The molecule has 22 heavy (non-hydrogen) atoms. The number of sulfonamides is 1. The number of fused-ring (bicyclic) bond motifs is 1. The van der Waals surface area contributed by atoms with E-state index in [4.69, 9.17) is 0 Å². The third-order valence-electron chi connectivity index (χ3n) is 3.72. The Labute approximate surface area is 130 Å². The van der Waals surface area contributed by atoms with Gasteiger partial charge in [-0.2, -0.15) is 5.10 Å². The topological polar surface area (TPSA) is 76.0 Å². The zero-order valence-corrected chi connectivity index (χ0v) is 13.3. The number of anilines is 1. The fourth-order valence-electron chi connectivity index (χ4n) is 2.65. The number of benzene rings is 1. The van der Waals surface area contributed by atoms with Crippen LogP contribution >= 0.6 is 0 Å². The Morgan fingerprint density at radius 3 is 3.05 bits per heavy atom. The van der Waals surface area contributed by atoms with Gasteiger partial charge < -0.3 is 5.32 Å². The first-order valence-corrected chi connectivity index (χ1v) is 8.93. The molecule has 2 N–H and O–H groups in total. The average molecular weight is 320 g/mol. The summed E-state index contributed by atoms with van der Waals surface area (Å²) in [4.78, 5) is 0.222. The summed E-state index contributed by atoms with van der Waals surface area (Å²) in [5, 5.41) is 7.35. The van der Waals surface area contributed by atoms with E-state index in [1.165, 1.54) is 6.20 Å².